The summed E-state index contributed by atoms with van der Waals surface area (Å²) < 4.78 is 23.2. The Labute approximate surface area is 429 Å². The summed E-state index contributed by atoms with van der Waals surface area (Å²) in [6, 6.07) is 11.9. The third-order valence-electron chi connectivity index (χ3n) is 19.8. The highest BCUT2D eigenvalue weighted by Crippen LogP contribution is 2.71. The summed E-state index contributed by atoms with van der Waals surface area (Å²) in [7, 11) is 0. The summed E-state index contributed by atoms with van der Waals surface area (Å²) in [4.78, 5) is 48.6. The molecule has 9 rings (SSSR count). The van der Waals surface area contributed by atoms with Gasteiger partial charge in [-0.15, -0.1) is 0 Å². The highest BCUT2D eigenvalue weighted by atomic mass is 16.6. The Balaban J connectivity index is 0.000000157. The lowest BCUT2D eigenvalue weighted by Gasteiger charge is -2.46. The van der Waals surface area contributed by atoms with Crippen LogP contribution in [-0.4, -0.2) is 51.9 Å². The highest BCUT2D eigenvalue weighted by Gasteiger charge is 2.68. The van der Waals surface area contributed by atoms with Crippen molar-refractivity contribution in [2.45, 2.75) is 248 Å². The summed E-state index contributed by atoms with van der Waals surface area (Å²) in [5, 5.41) is 11.7. The standard InChI is InChI=1S/C20H32O2.C14H22O4.C14H26O2.C14H16O/c1-5-19(3,4)18(21)22-20(6-2)11-14-10-15(20)17-13-8-7-12(9-13)16(14)17;1-4-13(2,3)12(16)18-14-8-6-5-7-10(14)17-11(15)9-14;1-6-13(4,5)12(15)16-14(11(2)3)9-7-8-10-14;1-3-10(2)11-4-5-13-9-14(15)7-6-12(13)8-11/h12-17H,5-11H2,1-4H3;10H,4-9H2,1-3H3;11H,6-10H2,1-5H3;4-10,15H,3H2,1-2H3. The predicted octanol–water partition coefficient (Wildman–Crippen LogP) is 15.4. The summed E-state index contributed by atoms with van der Waals surface area (Å²) in [5.74, 6) is 6.29. The molecule has 398 valence electrons. The summed E-state index contributed by atoms with van der Waals surface area (Å²) in [6.45, 7) is 28.9. The number of ether oxygens (including phenoxy) is 4. The number of hydrogen-bond acceptors (Lipinski definition) is 9. The van der Waals surface area contributed by atoms with E-state index in [1.54, 1.807) is 12.1 Å². The van der Waals surface area contributed by atoms with Crippen molar-refractivity contribution in [1.29, 1.82) is 0 Å². The van der Waals surface area contributed by atoms with Crippen molar-refractivity contribution in [3.63, 3.8) is 0 Å². The Kier molecular flexibility index (Phi) is 17.9. The fraction of sp³-hybridized carbons (Fsp3) is 0.774. The van der Waals surface area contributed by atoms with Crippen LogP contribution in [0.2, 0.25) is 0 Å². The maximum atomic E-state index is 12.7. The normalized spacial score (nSPS) is 30.4. The van der Waals surface area contributed by atoms with Gasteiger partial charge in [0.2, 0.25) is 0 Å². The van der Waals surface area contributed by atoms with Gasteiger partial charge in [0.25, 0.3) is 0 Å². The van der Waals surface area contributed by atoms with Crippen LogP contribution in [0.15, 0.2) is 36.4 Å². The highest BCUT2D eigenvalue weighted by molar-refractivity contribution is 5.84. The van der Waals surface area contributed by atoms with Gasteiger partial charge in [0.05, 0.1) is 22.7 Å². The number of fused-ring (bicyclic) bond motifs is 11. The van der Waals surface area contributed by atoms with Gasteiger partial charge in [0.15, 0.2) is 5.60 Å². The van der Waals surface area contributed by atoms with E-state index in [4.69, 9.17) is 18.9 Å². The topological polar surface area (TPSA) is 125 Å². The fourth-order valence-electron chi connectivity index (χ4n) is 13.4. The zero-order valence-corrected chi connectivity index (χ0v) is 46.8. The molecule has 1 saturated heterocycles. The van der Waals surface area contributed by atoms with Crippen molar-refractivity contribution in [3.05, 3.63) is 42.0 Å². The van der Waals surface area contributed by atoms with E-state index in [0.29, 0.717) is 23.5 Å². The molecule has 6 aliphatic carbocycles. The zero-order valence-electron chi connectivity index (χ0n) is 46.8. The number of hydrogen-bond donors (Lipinski definition) is 1. The van der Waals surface area contributed by atoms with Gasteiger partial charge in [-0.3, -0.25) is 19.2 Å². The third kappa shape index (κ3) is 12.0. The maximum Gasteiger partial charge on any atom is 0.312 e. The van der Waals surface area contributed by atoms with Crippen LogP contribution in [0.3, 0.4) is 0 Å². The van der Waals surface area contributed by atoms with Gasteiger partial charge < -0.3 is 24.1 Å². The molecule has 4 bridgehead atoms. The van der Waals surface area contributed by atoms with E-state index in [0.717, 1.165) is 112 Å². The van der Waals surface area contributed by atoms with Gasteiger partial charge in [0, 0.05) is 5.92 Å². The number of carbonyl (C=O) groups is 4. The molecule has 0 aromatic heterocycles. The molecule has 71 heavy (non-hydrogen) atoms. The molecule has 1 heterocycles. The first kappa shape index (κ1) is 56.7. The van der Waals surface area contributed by atoms with Crippen molar-refractivity contribution in [1.82, 2.24) is 0 Å². The zero-order chi connectivity index (χ0) is 52.3. The average molecular weight is 985 g/mol. The first-order valence-electron chi connectivity index (χ1n) is 28.5. The largest absolute Gasteiger partial charge is 0.508 e. The van der Waals surface area contributed by atoms with Gasteiger partial charge in [0.1, 0.15) is 23.1 Å². The van der Waals surface area contributed by atoms with E-state index in [1.807, 2.05) is 61.5 Å². The van der Waals surface area contributed by atoms with Crippen molar-refractivity contribution in [2.24, 2.45) is 57.7 Å². The molecule has 1 aliphatic heterocycles. The Morgan fingerprint density at radius 1 is 0.676 bits per heavy atom. The summed E-state index contributed by atoms with van der Waals surface area (Å²) in [6.07, 6.45) is 19.5. The van der Waals surface area contributed by atoms with Gasteiger partial charge >= 0.3 is 23.9 Å². The molecular weight excluding hydrogens is 889 g/mol. The molecule has 10 unspecified atom stereocenters. The maximum absolute atomic E-state index is 12.7. The Bertz CT molecular complexity index is 2160. The van der Waals surface area contributed by atoms with Crippen molar-refractivity contribution in [2.75, 3.05) is 0 Å². The molecule has 7 aliphatic rings. The van der Waals surface area contributed by atoms with Gasteiger partial charge in [-0.05, 0) is 227 Å². The molecule has 7 fully saturated rings. The van der Waals surface area contributed by atoms with Gasteiger partial charge in [-0.2, -0.15) is 0 Å². The summed E-state index contributed by atoms with van der Waals surface area (Å²) in [5.41, 5.74) is -0.789. The van der Waals surface area contributed by atoms with Crippen LogP contribution in [0, 0.1) is 57.7 Å². The molecular formula is C62H96O9. The Morgan fingerprint density at radius 2 is 1.23 bits per heavy atom. The van der Waals surface area contributed by atoms with Crippen LogP contribution in [0.5, 0.6) is 5.75 Å². The lowest BCUT2D eigenvalue weighted by atomic mass is 9.65. The number of carbonyl (C=O) groups excluding carboxylic acids is 4. The molecule has 10 atom stereocenters. The Hall–Kier alpha value is -3.62. The third-order valence-corrected chi connectivity index (χ3v) is 19.8. The van der Waals surface area contributed by atoms with Crippen LogP contribution >= 0.6 is 0 Å². The quantitative estimate of drug-likeness (QED) is 0.119. The predicted molar refractivity (Wildman–Crippen MR) is 284 cm³/mol. The van der Waals surface area contributed by atoms with Crippen LogP contribution in [0.4, 0.5) is 0 Å². The number of aromatic hydroxyl groups is 1. The lowest BCUT2D eigenvalue weighted by molar-refractivity contribution is -0.183. The molecule has 6 saturated carbocycles. The molecule has 1 N–H and O–H groups in total. The minimum Gasteiger partial charge on any atom is -0.508 e. The van der Waals surface area contributed by atoms with Gasteiger partial charge in [-0.25, -0.2) is 0 Å². The first-order valence-corrected chi connectivity index (χ1v) is 28.5. The second-order valence-electron chi connectivity index (χ2n) is 25.6. The Morgan fingerprint density at radius 3 is 1.80 bits per heavy atom. The molecule has 9 nitrogen and oxygen atoms in total. The second-order valence-corrected chi connectivity index (χ2v) is 25.6. The van der Waals surface area contributed by atoms with E-state index < -0.39 is 11.0 Å². The molecule has 2 aromatic rings. The average Bonchev–Trinajstić information content (AvgIpc) is 4.22. The monoisotopic (exact) mass is 985 g/mol. The number of esters is 4. The molecule has 0 amide bonds. The molecule has 0 radical (unpaired) electrons. The van der Waals surface area contributed by atoms with Crippen molar-refractivity contribution in [3.8, 4) is 5.75 Å². The van der Waals surface area contributed by atoms with Crippen LogP contribution in [0.25, 0.3) is 10.8 Å². The minimum absolute atomic E-state index is 0.0226. The number of benzene rings is 2. The van der Waals surface area contributed by atoms with Crippen LogP contribution in [-0.2, 0) is 38.1 Å². The molecule has 9 heteroatoms. The van der Waals surface area contributed by atoms with Crippen molar-refractivity contribution >= 4 is 34.6 Å². The van der Waals surface area contributed by atoms with E-state index in [1.165, 1.54) is 49.5 Å². The SMILES string of the molecule is CCC(C)(C)C(=O)OC1(C(C)C)CCCC1.CCC(C)(C)C(=O)OC1(CC)CC2CC1C1C3CCC(C3)C21.CCC(C)(C)C(=O)OC12CCCCC1OC(=O)C2.CCC(C)c1ccc2cc(O)ccc2c1. The van der Waals surface area contributed by atoms with Crippen LogP contribution in [0.1, 0.15) is 230 Å². The lowest BCUT2D eigenvalue weighted by Crippen LogP contribution is -2.49. The van der Waals surface area contributed by atoms with E-state index in [-0.39, 0.29) is 58.4 Å². The molecule has 0 spiro atoms. The van der Waals surface area contributed by atoms with Gasteiger partial charge in [-0.1, -0.05) is 79.7 Å². The summed E-state index contributed by atoms with van der Waals surface area (Å²) >= 11 is 0. The van der Waals surface area contributed by atoms with E-state index in [2.05, 4.69) is 59.7 Å². The second kappa shape index (κ2) is 22.5. The number of phenolic OH excluding ortho intramolecular Hbond substituents is 1. The van der Waals surface area contributed by atoms with E-state index in [9.17, 15) is 24.3 Å². The fourth-order valence-corrected chi connectivity index (χ4v) is 13.4. The minimum atomic E-state index is -0.682. The van der Waals surface area contributed by atoms with Crippen molar-refractivity contribution < 1.29 is 43.2 Å². The number of phenols is 1. The smallest absolute Gasteiger partial charge is 0.312 e. The first-order chi connectivity index (χ1) is 33.4. The molecule has 2 aromatic carbocycles. The van der Waals surface area contributed by atoms with E-state index >= 15 is 0 Å². The number of rotatable bonds is 13. The van der Waals surface area contributed by atoms with Crippen LogP contribution < -0.4 is 0 Å².